The predicted molar refractivity (Wildman–Crippen MR) is 67.6 cm³/mol. The number of pyridine rings is 1. The Morgan fingerprint density at radius 2 is 1.88 bits per heavy atom. The number of aromatic nitrogens is 1. The largest absolute Gasteiger partial charge is 0.489 e. The molecule has 1 heterocycles. The molecule has 88 valence electrons. The number of benzene rings is 1. The van der Waals surface area contributed by atoms with Crippen LogP contribution >= 0.6 is 0 Å². The number of hydrogen-bond acceptors (Lipinski definition) is 3. The maximum absolute atomic E-state index is 5.89. The Labute approximate surface area is 101 Å². The second-order valence-electron chi connectivity index (χ2n) is 3.97. The lowest BCUT2D eigenvalue weighted by atomic mass is 10.1. The molecule has 0 aliphatic heterocycles. The summed E-state index contributed by atoms with van der Waals surface area (Å²) in [5.74, 6) is 0.847. The van der Waals surface area contributed by atoms with Crippen LogP contribution < -0.4 is 10.5 Å². The highest BCUT2D eigenvalue weighted by Crippen LogP contribution is 2.23. The third-order valence-corrected chi connectivity index (χ3v) is 2.55. The Hall–Kier alpha value is -1.87. The van der Waals surface area contributed by atoms with E-state index in [-0.39, 0.29) is 6.04 Å². The van der Waals surface area contributed by atoms with Crippen molar-refractivity contribution in [2.75, 3.05) is 0 Å². The van der Waals surface area contributed by atoms with E-state index in [1.165, 1.54) is 0 Å². The second-order valence-corrected chi connectivity index (χ2v) is 3.97. The fourth-order valence-corrected chi connectivity index (χ4v) is 1.63. The van der Waals surface area contributed by atoms with Gasteiger partial charge in [-0.15, -0.1) is 0 Å². The first-order chi connectivity index (χ1) is 8.27. The van der Waals surface area contributed by atoms with Crippen molar-refractivity contribution in [1.29, 1.82) is 0 Å². The molecule has 1 atom stereocenters. The molecule has 0 saturated carbocycles. The van der Waals surface area contributed by atoms with Gasteiger partial charge in [0.1, 0.15) is 12.4 Å². The fourth-order valence-electron chi connectivity index (χ4n) is 1.63. The quantitative estimate of drug-likeness (QED) is 0.875. The molecular weight excluding hydrogens is 212 g/mol. The number of nitrogens with zero attached hydrogens (tertiary/aromatic N) is 1. The molecule has 1 aromatic carbocycles. The Bertz CT molecular complexity index is 469. The van der Waals surface area contributed by atoms with Crippen molar-refractivity contribution < 1.29 is 4.74 Å². The van der Waals surface area contributed by atoms with Gasteiger partial charge in [-0.2, -0.15) is 0 Å². The van der Waals surface area contributed by atoms with Gasteiger partial charge in [0.2, 0.25) is 0 Å². The van der Waals surface area contributed by atoms with Crippen LogP contribution in [0.3, 0.4) is 0 Å². The third kappa shape index (κ3) is 3.04. The van der Waals surface area contributed by atoms with E-state index in [1.54, 1.807) is 12.4 Å². The van der Waals surface area contributed by atoms with E-state index in [1.807, 2.05) is 43.3 Å². The molecule has 2 aromatic rings. The molecule has 0 amide bonds. The average molecular weight is 228 g/mol. The minimum atomic E-state index is -0.0244. The molecule has 3 nitrogen and oxygen atoms in total. The molecule has 0 fully saturated rings. The third-order valence-electron chi connectivity index (χ3n) is 2.55. The van der Waals surface area contributed by atoms with E-state index in [0.29, 0.717) is 6.61 Å². The van der Waals surface area contributed by atoms with Crippen LogP contribution in [0, 0.1) is 0 Å². The molecule has 0 aliphatic rings. The molecule has 1 unspecified atom stereocenters. The molecule has 0 spiro atoms. The minimum Gasteiger partial charge on any atom is -0.489 e. The lowest BCUT2D eigenvalue weighted by Crippen LogP contribution is -2.07. The van der Waals surface area contributed by atoms with Crippen molar-refractivity contribution in [2.24, 2.45) is 5.73 Å². The molecule has 0 radical (unpaired) electrons. The molecule has 3 heteroatoms. The first kappa shape index (κ1) is 11.6. The minimum absolute atomic E-state index is 0.0244. The highest BCUT2D eigenvalue weighted by molar-refractivity contribution is 5.35. The molecule has 2 N–H and O–H groups in total. The van der Waals surface area contributed by atoms with Crippen molar-refractivity contribution in [2.45, 2.75) is 19.6 Å². The Morgan fingerprint density at radius 1 is 1.18 bits per heavy atom. The number of rotatable bonds is 4. The summed E-state index contributed by atoms with van der Waals surface area (Å²) in [6.07, 6.45) is 3.52. The number of nitrogens with two attached hydrogens (primary N) is 1. The van der Waals surface area contributed by atoms with Crippen LogP contribution in [0.15, 0.2) is 48.8 Å². The topological polar surface area (TPSA) is 48.1 Å². The zero-order chi connectivity index (χ0) is 12.1. The normalized spacial score (nSPS) is 12.1. The maximum atomic E-state index is 5.89. The van der Waals surface area contributed by atoms with Crippen LogP contribution in [-0.4, -0.2) is 4.98 Å². The summed E-state index contributed by atoms with van der Waals surface area (Å²) >= 11 is 0. The van der Waals surface area contributed by atoms with Crippen LogP contribution in [0.25, 0.3) is 0 Å². The molecule has 17 heavy (non-hydrogen) atoms. The second kappa shape index (κ2) is 5.46. The zero-order valence-electron chi connectivity index (χ0n) is 9.84. The Kier molecular flexibility index (Phi) is 3.73. The highest BCUT2D eigenvalue weighted by Gasteiger charge is 2.06. The van der Waals surface area contributed by atoms with E-state index in [9.17, 15) is 0 Å². The summed E-state index contributed by atoms with van der Waals surface area (Å²) in [5, 5.41) is 0. The lowest BCUT2D eigenvalue weighted by molar-refractivity contribution is 0.301. The summed E-state index contributed by atoms with van der Waals surface area (Å²) in [6.45, 7) is 2.49. The van der Waals surface area contributed by atoms with Crippen molar-refractivity contribution in [1.82, 2.24) is 4.98 Å². The van der Waals surface area contributed by atoms with Gasteiger partial charge in [0, 0.05) is 24.0 Å². The predicted octanol–water partition coefficient (Wildman–Crippen LogP) is 2.68. The van der Waals surface area contributed by atoms with E-state index >= 15 is 0 Å². The Morgan fingerprint density at radius 3 is 2.59 bits per heavy atom. The first-order valence-corrected chi connectivity index (χ1v) is 5.63. The van der Waals surface area contributed by atoms with Crippen LogP contribution in [0.2, 0.25) is 0 Å². The summed E-state index contributed by atoms with van der Waals surface area (Å²) in [7, 11) is 0. The number of ether oxygens (including phenoxy) is 1. The molecule has 2 rings (SSSR count). The van der Waals surface area contributed by atoms with E-state index in [4.69, 9.17) is 10.5 Å². The van der Waals surface area contributed by atoms with E-state index < -0.39 is 0 Å². The fraction of sp³-hybridized carbons (Fsp3) is 0.214. The number of hydrogen-bond donors (Lipinski definition) is 1. The van der Waals surface area contributed by atoms with Crippen molar-refractivity contribution in [3.05, 3.63) is 59.9 Å². The van der Waals surface area contributed by atoms with Crippen molar-refractivity contribution in [3.63, 3.8) is 0 Å². The van der Waals surface area contributed by atoms with Gasteiger partial charge in [-0.3, -0.25) is 4.98 Å². The maximum Gasteiger partial charge on any atom is 0.124 e. The summed E-state index contributed by atoms with van der Waals surface area (Å²) in [6, 6.07) is 11.7. The zero-order valence-corrected chi connectivity index (χ0v) is 9.84. The van der Waals surface area contributed by atoms with Gasteiger partial charge < -0.3 is 10.5 Å². The smallest absolute Gasteiger partial charge is 0.124 e. The van der Waals surface area contributed by atoms with Crippen molar-refractivity contribution >= 4 is 0 Å². The molecular formula is C14H16N2O. The van der Waals surface area contributed by atoms with Crippen LogP contribution in [-0.2, 0) is 6.61 Å². The highest BCUT2D eigenvalue weighted by atomic mass is 16.5. The Balaban J connectivity index is 2.09. The molecule has 1 aromatic heterocycles. The van der Waals surface area contributed by atoms with Crippen LogP contribution in [0.1, 0.15) is 24.1 Å². The molecule has 0 aliphatic carbocycles. The van der Waals surface area contributed by atoms with Gasteiger partial charge in [0.05, 0.1) is 0 Å². The molecule has 0 bridgehead atoms. The standard InChI is InChI=1S/C14H16N2O/c1-11(15)13-4-2-3-5-14(13)17-10-12-6-8-16-9-7-12/h2-9,11H,10,15H2,1H3. The molecule has 0 saturated heterocycles. The van der Waals surface area contributed by atoms with Gasteiger partial charge in [-0.1, -0.05) is 18.2 Å². The van der Waals surface area contributed by atoms with Gasteiger partial charge in [-0.05, 0) is 30.7 Å². The monoisotopic (exact) mass is 228 g/mol. The van der Waals surface area contributed by atoms with Gasteiger partial charge in [-0.25, -0.2) is 0 Å². The summed E-state index contributed by atoms with van der Waals surface area (Å²) < 4.78 is 5.78. The van der Waals surface area contributed by atoms with Crippen molar-refractivity contribution in [3.8, 4) is 5.75 Å². The van der Waals surface area contributed by atoms with Gasteiger partial charge in [0.15, 0.2) is 0 Å². The van der Waals surface area contributed by atoms with Gasteiger partial charge in [0.25, 0.3) is 0 Å². The summed E-state index contributed by atoms with van der Waals surface area (Å²) in [4.78, 5) is 3.97. The summed E-state index contributed by atoms with van der Waals surface area (Å²) in [5.41, 5.74) is 8.02. The number of para-hydroxylation sites is 1. The average Bonchev–Trinajstić information content (AvgIpc) is 2.38. The van der Waals surface area contributed by atoms with Crippen LogP contribution in [0.5, 0.6) is 5.75 Å². The van der Waals surface area contributed by atoms with E-state index in [2.05, 4.69) is 4.98 Å². The van der Waals surface area contributed by atoms with Crippen LogP contribution in [0.4, 0.5) is 0 Å². The van der Waals surface area contributed by atoms with Gasteiger partial charge >= 0.3 is 0 Å². The lowest BCUT2D eigenvalue weighted by Gasteiger charge is -2.13. The SMILES string of the molecule is CC(N)c1ccccc1OCc1ccncc1. The van der Waals surface area contributed by atoms with E-state index in [0.717, 1.165) is 16.9 Å². The first-order valence-electron chi connectivity index (χ1n) is 5.63.